The summed E-state index contributed by atoms with van der Waals surface area (Å²) in [6.45, 7) is 5.91. The van der Waals surface area contributed by atoms with Gasteiger partial charge in [0.2, 0.25) is 5.91 Å². The number of amides is 1. The monoisotopic (exact) mass is 365 g/mol. The predicted molar refractivity (Wildman–Crippen MR) is 109 cm³/mol. The van der Waals surface area contributed by atoms with Crippen LogP contribution in [0.3, 0.4) is 0 Å². The van der Waals surface area contributed by atoms with Gasteiger partial charge < -0.3 is 10.2 Å². The van der Waals surface area contributed by atoms with Crippen LogP contribution in [0.4, 0.5) is 10.8 Å². The number of fused-ring (bicyclic) bond motifs is 1. The molecule has 0 saturated carbocycles. The molecule has 0 atom stereocenters. The Morgan fingerprint density at radius 1 is 1.12 bits per heavy atom. The number of carbonyl (C=O) groups is 1. The van der Waals surface area contributed by atoms with Crippen molar-refractivity contribution < 1.29 is 4.79 Å². The van der Waals surface area contributed by atoms with Crippen molar-refractivity contribution in [3.63, 3.8) is 0 Å². The van der Waals surface area contributed by atoms with Gasteiger partial charge in [0.05, 0.1) is 10.2 Å². The third kappa shape index (κ3) is 3.44. The Bertz CT molecular complexity index is 908. The number of para-hydroxylation sites is 1. The number of nitrogens with zero attached hydrogens (tertiary/aromatic N) is 2. The molecule has 0 bridgehead atoms. The molecule has 0 unspecified atom stereocenters. The third-order valence-corrected chi connectivity index (χ3v) is 6.29. The molecule has 2 heterocycles. The number of aryl methyl sites for hydroxylation is 2. The van der Waals surface area contributed by atoms with Gasteiger partial charge in [0, 0.05) is 24.7 Å². The van der Waals surface area contributed by atoms with Crippen molar-refractivity contribution in [2.24, 2.45) is 5.92 Å². The van der Waals surface area contributed by atoms with Crippen LogP contribution in [0.1, 0.15) is 24.0 Å². The minimum Gasteiger partial charge on any atom is -0.348 e. The maximum absolute atomic E-state index is 12.6. The molecule has 1 amide bonds. The summed E-state index contributed by atoms with van der Waals surface area (Å²) in [6.07, 6.45) is 1.74. The van der Waals surface area contributed by atoms with Crippen LogP contribution in [-0.2, 0) is 4.79 Å². The van der Waals surface area contributed by atoms with Crippen molar-refractivity contribution >= 4 is 38.3 Å². The molecule has 134 valence electrons. The predicted octanol–water partition coefficient (Wildman–Crippen LogP) is 4.77. The molecule has 1 fully saturated rings. The lowest BCUT2D eigenvalue weighted by Crippen LogP contribution is -2.38. The van der Waals surface area contributed by atoms with Crippen molar-refractivity contribution in [1.82, 2.24) is 4.98 Å². The highest BCUT2D eigenvalue weighted by atomic mass is 32.1. The van der Waals surface area contributed by atoms with Crippen LogP contribution in [0.15, 0.2) is 42.5 Å². The first-order valence-electron chi connectivity index (χ1n) is 9.09. The summed E-state index contributed by atoms with van der Waals surface area (Å²) in [6, 6.07) is 14.3. The number of hydrogen-bond acceptors (Lipinski definition) is 4. The fraction of sp³-hybridized carbons (Fsp3) is 0.333. The number of piperidine rings is 1. The molecule has 0 radical (unpaired) electrons. The summed E-state index contributed by atoms with van der Waals surface area (Å²) in [5, 5.41) is 4.15. The second-order valence-corrected chi connectivity index (χ2v) is 8.02. The van der Waals surface area contributed by atoms with Crippen LogP contribution >= 0.6 is 11.3 Å². The fourth-order valence-corrected chi connectivity index (χ4v) is 4.41. The van der Waals surface area contributed by atoms with Gasteiger partial charge >= 0.3 is 0 Å². The molecule has 1 saturated heterocycles. The zero-order chi connectivity index (χ0) is 18.1. The van der Waals surface area contributed by atoms with Gasteiger partial charge in [-0.15, -0.1) is 0 Å². The SMILES string of the molecule is Cc1ccc(NC(=O)C2CCN(c3nc4ccccc4s3)CC2)cc1C. The Morgan fingerprint density at radius 2 is 1.88 bits per heavy atom. The number of thiazole rings is 1. The molecule has 2 aromatic carbocycles. The topological polar surface area (TPSA) is 45.2 Å². The molecule has 3 aromatic rings. The Morgan fingerprint density at radius 3 is 2.62 bits per heavy atom. The molecule has 4 nitrogen and oxygen atoms in total. The molecule has 5 heteroatoms. The molecular formula is C21H23N3OS. The Kier molecular flexibility index (Phi) is 4.64. The summed E-state index contributed by atoms with van der Waals surface area (Å²) in [5.74, 6) is 0.208. The first-order valence-corrected chi connectivity index (χ1v) is 9.90. The molecule has 26 heavy (non-hydrogen) atoms. The van der Waals surface area contributed by atoms with Crippen molar-refractivity contribution in [1.29, 1.82) is 0 Å². The maximum Gasteiger partial charge on any atom is 0.227 e. The Hall–Kier alpha value is -2.40. The molecule has 0 spiro atoms. The molecule has 1 aromatic heterocycles. The average molecular weight is 366 g/mol. The molecular weight excluding hydrogens is 342 g/mol. The van der Waals surface area contributed by atoms with Gasteiger partial charge in [-0.2, -0.15) is 0 Å². The second-order valence-electron chi connectivity index (χ2n) is 7.01. The number of carbonyl (C=O) groups excluding carboxylic acids is 1. The number of nitrogens with one attached hydrogen (secondary N) is 1. The highest BCUT2D eigenvalue weighted by Crippen LogP contribution is 2.31. The van der Waals surface area contributed by atoms with Gasteiger partial charge in [-0.05, 0) is 62.1 Å². The minimum absolute atomic E-state index is 0.0715. The summed E-state index contributed by atoms with van der Waals surface area (Å²) in [4.78, 5) is 19.7. The van der Waals surface area contributed by atoms with Gasteiger partial charge in [0.1, 0.15) is 0 Å². The third-order valence-electron chi connectivity index (χ3n) is 5.19. The fourth-order valence-electron chi connectivity index (χ4n) is 3.39. The van der Waals surface area contributed by atoms with E-state index in [1.54, 1.807) is 11.3 Å². The first kappa shape index (κ1) is 17.0. The summed E-state index contributed by atoms with van der Waals surface area (Å²) in [5.41, 5.74) is 4.40. The number of benzene rings is 2. The van der Waals surface area contributed by atoms with E-state index in [0.717, 1.165) is 42.3 Å². The average Bonchev–Trinajstić information content (AvgIpc) is 3.09. The van der Waals surface area contributed by atoms with E-state index in [0.29, 0.717) is 0 Å². The largest absolute Gasteiger partial charge is 0.348 e. The van der Waals surface area contributed by atoms with Crippen LogP contribution in [0.5, 0.6) is 0 Å². The van der Waals surface area contributed by atoms with Crippen molar-refractivity contribution in [2.45, 2.75) is 26.7 Å². The molecule has 1 N–H and O–H groups in total. The lowest BCUT2D eigenvalue weighted by atomic mass is 9.96. The van der Waals surface area contributed by atoms with E-state index < -0.39 is 0 Å². The Balaban J connectivity index is 1.38. The van der Waals surface area contributed by atoms with Crippen LogP contribution in [-0.4, -0.2) is 24.0 Å². The van der Waals surface area contributed by atoms with Crippen LogP contribution in [0, 0.1) is 19.8 Å². The lowest BCUT2D eigenvalue weighted by molar-refractivity contribution is -0.120. The number of hydrogen-bond donors (Lipinski definition) is 1. The van der Waals surface area contributed by atoms with E-state index in [2.05, 4.69) is 42.3 Å². The Labute approximate surface area is 157 Å². The number of aromatic nitrogens is 1. The first-order chi connectivity index (χ1) is 12.6. The quantitative estimate of drug-likeness (QED) is 0.727. The highest BCUT2D eigenvalue weighted by molar-refractivity contribution is 7.22. The zero-order valence-corrected chi connectivity index (χ0v) is 16.0. The molecule has 0 aliphatic carbocycles. The second kappa shape index (κ2) is 7.08. The number of rotatable bonds is 3. The summed E-state index contributed by atoms with van der Waals surface area (Å²) < 4.78 is 1.22. The van der Waals surface area contributed by atoms with E-state index in [1.807, 2.05) is 24.3 Å². The minimum atomic E-state index is 0.0715. The van der Waals surface area contributed by atoms with Crippen LogP contribution < -0.4 is 10.2 Å². The highest BCUT2D eigenvalue weighted by Gasteiger charge is 2.26. The van der Waals surface area contributed by atoms with Crippen molar-refractivity contribution in [3.05, 3.63) is 53.6 Å². The van der Waals surface area contributed by atoms with Gasteiger partial charge in [0.25, 0.3) is 0 Å². The van der Waals surface area contributed by atoms with E-state index >= 15 is 0 Å². The summed E-state index contributed by atoms with van der Waals surface area (Å²) >= 11 is 1.73. The van der Waals surface area contributed by atoms with Gasteiger partial charge in [-0.3, -0.25) is 4.79 Å². The van der Waals surface area contributed by atoms with Crippen LogP contribution in [0.2, 0.25) is 0 Å². The van der Waals surface area contributed by atoms with Gasteiger partial charge in [-0.25, -0.2) is 4.98 Å². The van der Waals surface area contributed by atoms with E-state index in [4.69, 9.17) is 4.98 Å². The standard InChI is InChI=1S/C21H23N3OS/c1-14-7-8-17(13-15(14)2)22-20(25)16-9-11-24(12-10-16)21-23-18-5-3-4-6-19(18)26-21/h3-8,13,16H,9-12H2,1-2H3,(H,22,25). The van der Waals surface area contributed by atoms with Gasteiger partial charge in [0.15, 0.2) is 5.13 Å². The maximum atomic E-state index is 12.6. The van der Waals surface area contributed by atoms with E-state index in [-0.39, 0.29) is 11.8 Å². The molecule has 4 rings (SSSR count). The van der Waals surface area contributed by atoms with Crippen molar-refractivity contribution in [3.8, 4) is 0 Å². The lowest BCUT2D eigenvalue weighted by Gasteiger charge is -2.31. The molecule has 1 aliphatic heterocycles. The normalized spacial score (nSPS) is 15.4. The van der Waals surface area contributed by atoms with E-state index in [9.17, 15) is 4.79 Å². The molecule has 1 aliphatic rings. The smallest absolute Gasteiger partial charge is 0.227 e. The van der Waals surface area contributed by atoms with Crippen molar-refractivity contribution in [2.75, 3.05) is 23.3 Å². The van der Waals surface area contributed by atoms with Gasteiger partial charge in [-0.1, -0.05) is 29.5 Å². The van der Waals surface area contributed by atoms with E-state index in [1.165, 1.54) is 15.8 Å². The zero-order valence-electron chi connectivity index (χ0n) is 15.2. The van der Waals surface area contributed by atoms with Crippen LogP contribution in [0.25, 0.3) is 10.2 Å². The number of anilines is 2. The summed E-state index contributed by atoms with van der Waals surface area (Å²) in [7, 11) is 0.